The number of fused-ring (bicyclic) bond motifs is 1. The number of rotatable bonds is 1. The van der Waals surface area contributed by atoms with Crippen molar-refractivity contribution in [3.8, 4) is 0 Å². The lowest BCUT2D eigenvalue weighted by molar-refractivity contribution is 1.21. The van der Waals surface area contributed by atoms with Crippen molar-refractivity contribution in [1.29, 1.82) is 0 Å². The lowest BCUT2D eigenvalue weighted by Gasteiger charge is -2.05. The van der Waals surface area contributed by atoms with Gasteiger partial charge in [-0.2, -0.15) is 0 Å². The van der Waals surface area contributed by atoms with Gasteiger partial charge < -0.3 is 5.43 Å². The van der Waals surface area contributed by atoms with E-state index in [1.165, 1.54) is 0 Å². The first-order valence-corrected chi connectivity index (χ1v) is 4.14. The molecular formula is C10H11N3. The van der Waals surface area contributed by atoms with Crippen LogP contribution in [0.25, 0.3) is 10.9 Å². The summed E-state index contributed by atoms with van der Waals surface area (Å²) in [5.41, 5.74) is 5.42. The van der Waals surface area contributed by atoms with Gasteiger partial charge in [-0.3, -0.25) is 10.8 Å². The highest BCUT2D eigenvalue weighted by molar-refractivity contribution is 5.82. The highest BCUT2D eigenvalue weighted by Crippen LogP contribution is 2.18. The summed E-state index contributed by atoms with van der Waals surface area (Å²) in [6.45, 7) is 1.93. The Balaban J connectivity index is 2.74. The second-order valence-corrected chi connectivity index (χ2v) is 2.96. The molecule has 2 aromatic rings. The van der Waals surface area contributed by atoms with Gasteiger partial charge in [0, 0.05) is 5.39 Å². The molecule has 0 bridgehead atoms. The molecule has 0 unspecified atom stereocenters. The Hall–Kier alpha value is -1.61. The molecular weight excluding hydrogens is 162 g/mol. The standard InChI is InChI=1S/C10H11N3/c1-7-10(13-11)6-8-4-2-3-5-9(8)12-7/h2-6,13H,11H2,1H3. The number of hydrogen-bond donors (Lipinski definition) is 2. The van der Waals surface area contributed by atoms with Crippen LogP contribution in [-0.2, 0) is 0 Å². The van der Waals surface area contributed by atoms with Crippen LogP contribution in [0.4, 0.5) is 5.69 Å². The number of nitrogens with zero attached hydrogens (tertiary/aromatic N) is 1. The van der Waals surface area contributed by atoms with Crippen LogP contribution >= 0.6 is 0 Å². The van der Waals surface area contributed by atoms with E-state index < -0.39 is 0 Å². The minimum atomic E-state index is 0.874. The summed E-state index contributed by atoms with van der Waals surface area (Å²) < 4.78 is 0. The quantitative estimate of drug-likeness (QED) is 0.511. The van der Waals surface area contributed by atoms with Crippen molar-refractivity contribution in [3.63, 3.8) is 0 Å². The van der Waals surface area contributed by atoms with Gasteiger partial charge in [-0.1, -0.05) is 18.2 Å². The third kappa shape index (κ3) is 1.34. The molecule has 1 aromatic heterocycles. The number of aryl methyl sites for hydroxylation is 1. The third-order valence-electron chi connectivity index (χ3n) is 2.07. The first-order valence-electron chi connectivity index (χ1n) is 4.14. The molecule has 0 aliphatic heterocycles. The summed E-state index contributed by atoms with van der Waals surface area (Å²) in [6.07, 6.45) is 0. The molecule has 0 spiro atoms. The number of hydrazine groups is 1. The predicted octanol–water partition coefficient (Wildman–Crippen LogP) is 1.83. The second kappa shape index (κ2) is 3.03. The number of nitrogens with two attached hydrogens (primary N) is 1. The fraction of sp³-hybridized carbons (Fsp3) is 0.100. The molecule has 0 fully saturated rings. The largest absolute Gasteiger partial charge is 0.322 e. The van der Waals surface area contributed by atoms with Crippen LogP contribution in [0.2, 0.25) is 0 Å². The molecule has 0 amide bonds. The van der Waals surface area contributed by atoms with Crippen LogP contribution in [0, 0.1) is 6.92 Å². The fourth-order valence-electron chi connectivity index (χ4n) is 1.36. The van der Waals surface area contributed by atoms with Crippen molar-refractivity contribution >= 4 is 16.6 Å². The van der Waals surface area contributed by atoms with E-state index in [1.807, 2.05) is 37.3 Å². The Labute approximate surface area is 76.6 Å². The van der Waals surface area contributed by atoms with E-state index in [0.29, 0.717) is 0 Å². The average molecular weight is 173 g/mol. The summed E-state index contributed by atoms with van der Waals surface area (Å²) in [6, 6.07) is 9.97. The number of benzene rings is 1. The molecule has 0 saturated heterocycles. The van der Waals surface area contributed by atoms with Crippen LogP contribution in [-0.4, -0.2) is 4.98 Å². The Kier molecular flexibility index (Phi) is 1.87. The molecule has 0 aliphatic rings. The first-order chi connectivity index (χ1) is 6.31. The zero-order valence-electron chi connectivity index (χ0n) is 7.41. The van der Waals surface area contributed by atoms with Gasteiger partial charge in [-0.15, -0.1) is 0 Å². The first kappa shape index (κ1) is 8.01. The molecule has 0 aliphatic carbocycles. The second-order valence-electron chi connectivity index (χ2n) is 2.96. The smallest absolute Gasteiger partial charge is 0.0706 e. The number of aromatic nitrogens is 1. The fourth-order valence-corrected chi connectivity index (χ4v) is 1.36. The number of nitrogens with one attached hydrogen (secondary N) is 1. The zero-order valence-corrected chi connectivity index (χ0v) is 7.41. The van der Waals surface area contributed by atoms with Gasteiger partial charge in [0.1, 0.15) is 0 Å². The molecule has 66 valence electrons. The van der Waals surface area contributed by atoms with Crippen molar-refractivity contribution in [3.05, 3.63) is 36.0 Å². The van der Waals surface area contributed by atoms with Crippen LogP contribution in [0.5, 0.6) is 0 Å². The van der Waals surface area contributed by atoms with Crippen molar-refractivity contribution in [2.45, 2.75) is 6.92 Å². The zero-order chi connectivity index (χ0) is 9.26. The van der Waals surface area contributed by atoms with Gasteiger partial charge in [-0.25, -0.2) is 0 Å². The molecule has 2 rings (SSSR count). The molecule has 1 heterocycles. The van der Waals surface area contributed by atoms with E-state index in [2.05, 4.69) is 10.4 Å². The average Bonchev–Trinajstić information content (AvgIpc) is 2.17. The van der Waals surface area contributed by atoms with Crippen LogP contribution in [0.3, 0.4) is 0 Å². The summed E-state index contributed by atoms with van der Waals surface area (Å²) in [4.78, 5) is 4.40. The lowest BCUT2D eigenvalue weighted by Crippen LogP contribution is -2.08. The minimum Gasteiger partial charge on any atom is -0.322 e. The molecule has 3 nitrogen and oxygen atoms in total. The highest BCUT2D eigenvalue weighted by atomic mass is 15.2. The molecule has 3 heteroatoms. The van der Waals surface area contributed by atoms with Crippen molar-refractivity contribution < 1.29 is 0 Å². The monoisotopic (exact) mass is 173 g/mol. The maximum absolute atomic E-state index is 5.35. The predicted molar refractivity (Wildman–Crippen MR) is 54.3 cm³/mol. The van der Waals surface area contributed by atoms with Crippen molar-refractivity contribution in [1.82, 2.24) is 4.98 Å². The van der Waals surface area contributed by atoms with Gasteiger partial charge in [0.05, 0.1) is 16.9 Å². The van der Waals surface area contributed by atoms with E-state index in [-0.39, 0.29) is 0 Å². The minimum absolute atomic E-state index is 0.874. The van der Waals surface area contributed by atoms with Crippen molar-refractivity contribution in [2.24, 2.45) is 5.84 Å². The van der Waals surface area contributed by atoms with E-state index in [9.17, 15) is 0 Å². The molecule has 0 radical (unpaired) electrons. The Morgan fingerprint density at radius 1 is 1.31 bits per heavy atom. The summed E-state index contributed by atoms with van der Waals surface area (Å²) in [5, 5.41) is 1.10. The number of hydrogen-bond acceptors (Lipinski definition) is 3. The van der Waals surface area contributed by atoms with Crippen LogP contribution < -0.4 is 11.3 Å². The lowest BCUT2D eigenvalue weighted by atomic mass is 10.2. The normalized spacial score (nSPS) is 10.3. The van der Waals surface area contributed by atoms with Gasteiger partial charge >= 0.3 is 0 Å². The van der Waals surface area contributed by atoms with E-state index in [4.69, 9.17) is 5.84 Å². The highest BCUT2D eigenvalue weighted by Gasteiger charge is 1.99. The summed E-state index contributed by atoms with van der Waals surface area (Å²) >= 11 is 0. The number of para-hydroxylation sites is 1. The summed E-state index contributed by atoms with van der Waals surface area (Å²) in [7, 11) is 0. The maximum Gasteiger partial charge on any atom is 0.0706 e. The van der Waals surface area contributed by atoms with E-state index in [0.717, 1.165) is 22.3 Å². The molecule has 1 aromatic carbocycles. The molecule has 3 N–H and O–H groups in total. The number of anilines is 1. The Morgan fingerprint density at radius 2 is 2.08 bits per heavy atom. The van der Waals surface area contributed by atoms with Crippen molar-refractivity contribution in [2.75, 3.05) is 5.43 Å². The summed E-state index contributed by atoms with van der Waals surface area (Å²) in [5.74, 6) is 5.35. The molecule has 13 heavy (non-hydrogen) atoms. The Morgan fingerprint density at radius 3 is 2.85 bits per heavy atom. The number of pyridine rings is 1. The molecule has 0 saturated carbocycles. The topological polar surface area (TPSA) is 50.9 Å². The van der Waals surface area contributed by atoms with Crippen LogP contribution in [0.15, 0.2) is 30.3 Å². The van der Waals surface area contributed by atoms with E-state index in [1.54, 1.807) is 0 Å². The maximum atomic E-state index is 5.35. The van der Waals surface area contributed by atoms with Gasteiger partial charge in [0.2, 0.25) is 0 Å². The number of nitrogen functional groups attached to an aromatic ring is 1. The molecule has 0 atom stereocenters. The van der Waals surface area contributed by atoms with E-state index >= 15 is 0 Å². The Bertz CT molecular complexity index is 437. The van der Waals surface area contributed by atoms with Gasteiger partial charge in [0.25, 0.3) is 0 Å². The van der Waals surface area contributed by atoms with Crippen LogP contribution in [0.1, 0.15) is 5.69 Å². The third-order valence-corrected chi connectivity index (χ3v) is 2.07. The van der Waals surface area contributed by atoms with Gasteiger partial charge in [0.15, 0.2) is 0 Å². The van der Waals surface area contributed by atoms with Gasteiger partial charge in [-0.05, 0) is 19.1 Å². The SMILES string of the molecule is Cc1nc2ccccc2cc1NN.